The highest BCUT2D eigenvalue weighted by Crippen LogP contribution is 2.47. The highest BCUT2D eigenvalue weighted by molar-refractivity contribution is 14.0. The van der Waals surface area contributed by atoms with Gasteiger partial charge in [-0.15, -0.1) is 24.0 Å². The molecule has 0 unspecified atom stereocenters. The van der Waals surface area contributed by atoms with Crippen LogP contribution in [0.5, 0.6) is 0 Å². The van der Waals surface area contributed by atoms with E-state index in [4.69, 9.17) is 0 Å². The largest absolute Gasteiger partial charge is 0.357 e. The van der Waals surface area contributed by atoms with Crippen LogP contribution in [0.2, 0.25) is 0 Å². The van der Waals surface area contributed by atoms with Crippen LogP contribution < -0.4 is 5.32 Å². The van der Waals surface area contributed by atoms with Gasteiger partial charge >= 0.3 is 0 Å². The van der Waals surface area contributed by atoms with Crippen LogP contribution in [0.4, 0.5) is 0 Å². The molecular weight excluding hydrogens is 419 g/mol. The molecule has 0 aromatic carbocycles. The minimum Gasteiger partial charge on any atom is -0.357 e. The summed E-state index contributed by atoms with van der Waals surface area (Å²) in [5.41, 5.74) is 0.537. The second-order valence-electron chi connectivity index (χ2n) is 7.05. The first-order valence-corrected chi connectivity index (χ1v) is 9.00. The van der Waals surface area contributed by atoms with E-state index < -0.39 is 0 Å². The van der Waals surface area contributed by atoms with Crippen molar-refractivity contribution in [3.8, 4) is 0 Å². The van der Waals surface area contributed by atoms with Gasteiger partial charge in [-0.05, 0) is 38.0 Å². The summed E-state index contributed by atoms with van der Waals surface area (Å²) in [7, 11) is 0. The van der Waals surface area contributed by atoms with Gasteiger partial charge in [-0.1, -0.05) is 6.42 Å². The number of likely N-dealkylation sites (tertiary alicyclic amines) is 2. The summed E-state index contributed by atoms with van der Waals surface area (Å²) in [4.78, 5) is 32.0. The molecule has 2 aliphatic heterocycles. The maximum atomic E-state index is 11.8. The van der Waals surface area contributed by atoms with Gasteiger partial charge in [0.25, 0.3) is 0 Å². The van der Waals surface area contributed by atoms with Crippen LogP contribution in [0.1, 0.15) is 51.9 Å². The molecule has 6 nitrogen and oxygen atoms in total. The van der Waals surface area contributed by atoms with Crippen molar-refractivity contribution >= 4 is 41.8 Å². The number of nitrogens with zero attached hydrogens (tertiary/aromatic N) is 3. The Kier molecular flexibility index (Phi) is 6.88. The number of guanidine groups is 1. The maximum absolute atomic E-state index is 11.8. The Hall–Kier alpha value is -0.860. The van der Waals surface area contributed by atoms with Gasteiger partial charge in [0.15, 0.2) is 5.96 Å². The summed E-state index contributed by atoms with van der Waals surface area (Å²) in [5.74, 6) is 0.847. The Morgan fingerprint density at radius 1 is 1.17 bits per heavy atom. The van der Waals surface area contributed by atoms with Crippen LogP contribution in [0, 0.1) is 5.41 Å². The van der Waals surface area contributed by atoms with Crippen LogP contribution in [0.3, 0.4) is 0 Å². The molecule has 0 radical (unpaired) electrons. The summed E-state index contributed by atoms with van der Waals surface area (Å²) < 4.78 is 0. The molecule has 2 amide bonds. The molecule has 1 N–H and O–H groups in total. The van der Waals surface area contributed by atoms with E-state index in [1.807, 2.05) is 0 Å². The number of carbonyl (C=O) groups excluding carboxylic acids is 2. The molecule has 24 heavy (non-hydrogen) atoms. The van der Waals surface area contributed by atoms with Crippen LogP contribution in [-0.4, -0.2) is 60.3 Å². The van der Waals surface area contributed by atoms with Gasteiger partial charge in [0.2, 0.25) is 11.8 Å². The number of hydrogen-bond acceptors (Lipinski definition) is 3. The summed E-state index contributed by atoms with van der Waals surface area (Å²) in [6, 6.07) is 0. The molecule has 1 spiro atoms. The smallest absolute Gasteiger partial charge is 0.229 e. The SMILES string of the molecule is CCNC(=NCCN1C(=O)CCCC1=O)N1CCC2(CCC2)C1.I. The number of imide groups is 1. The average Bonchev–Trinajstić information content (AvgIpc) is 2.95. The van der Waals surface area contributed by atoms with Crippen LogP contribution in [0.25, 0.3) is 0 Å². The highest BCUT2D eigenvalue weighted by atomic mass is 127. The molecule has 0 aromatic rings. The fraction of sp³-hybridized carbons (Fsp3) is 0.824. The van der Waals surface area contributed by atoms with Gasteiger partial charge in [-0.3, -0.25) is 19.5 Å². The Balaban J connectivity index is 0.00000208. The molecule has 136 valence electrons. The lowest BCUT2D eigenvalue weighted by molar-refractivity contribution is -0.147. The molecule has 0 bridgehead atoms. The quantitative estimate of drug-likeness (QED) is 0.309. The molecule has 2 saturated heterocycles. The first-order chi connectivity index (χ1) is 11.1. The van der Waals surface area contributed by atoms with E-state index >= 15 is 0 Å². The lowest BCUT2D eigenvalue weighted by Gasteiger charge is -2.38. The van der Waals surface area contributed by atoms with Gasteiger partial charge in [0, 0.05) is 39.0 Å². The molecule has 1 saturated carbocycles. The minimum absolute atomic E-state index is 0. The van der Waals surface area contributed by atoms with Crippen molar-refractivity contribution in [1.82, 2.24) is 15.1 Å². The van der Waals surface area contributed by atoms with E-state index in [9.17, 15) is 9.59 Å². The second-order valence-corrected chi connectivity index (χ2v) is 7.05. The van der Waals surface area contributed by atoms with E-state index in [0.717, 1.165) is 25.6 Å². The van der Waals surface area contributed by atoms with Gasteiger partial charge in [0.05, 0.1) is 6.54 Å². The summed E-state index contributed by atoms with van der Waals surface area (Å²) in [6.45, 7) is 5.97. The molecule has 3 aliphatic rings. The third-order valence-electron chi connectivity index (χ3n) is 5.46. The number of rotatable bonds is 4. The molecular formula is C17H29IN4O2. The van der Waals surface area contributed by atoms with Crippen LogP contribution in [0.15, 0.2) is 4.99 Å². The Morgan fingerprint density at radius 3 is 2.42 bits per heavy atom. The van der Waals surface area contributed by atoms with Crippen LogP contribution >= 0.6 is 24.0 Å². The third-order valence-corrected chi connectivity index (χ3v) is 5.46. The lowest BCUT2D eigenvalue weighted by Crippen LogP contribution is -2.44. The first-order valence-electron chi connectivity index (χ1n) is 9.00. The molecule has 3 fully saturated rings. The van der Waals surface area contributed by atoms with Gasteiger partial charge in [-0.2, -0.15) is 0 Å². The zero-order chi connectivity index (χ0) is 16.3. The average molecular weight is 448 g/mol. The van der Waals surface area contributed by atoms with Gasteiger partial charge in [-0.25, -0.2) is 0 Å². The molecule has 0 aromatic heterocycles. The van der Waals surface area contributed by atoms with E-state index in [0.29, 0.717) is 37.8 Å². The third kappa shape index (κ3) is 4.21. The summed E-state index contributed by atoms with van der Waals surface area (Å²) in [5, 5.41) is 3.36. The Morgan fingerprint density at radius 2 is 1.88 bits per heavy atom. The molecule has 7 heteroatoms. The minimum atomic E-state index is -0.0453. The lowest BCUT2D eigenvalue weighted by atomic mass is 9.68. The number of amides is 2. The number of aliphatic imine (C=N–C) groups is 1. The normalized spacial score (nSPS) is 23.3. The maximum Gasteiger partial charge on any atom is 0.229 e. The summed E-state index contributed by atoms with van der Waals surface area (Å²) in [6.07, 6.45) is 6.99. The van der Waals surface area contributed by atoms with Gasteiger partial charge in [0.1, 0.15) is 0 Å². The van der Waals surface area contributed by atoms with E-state index in [1.54, 1.807) is 0 Å². The van der Waals surface area contributed by atoms with Crippen molar-refractivity contribution in [2.24, 2.45) is 10.4 Å². The first kappa shape index (κ1) is 19.5. The topological polar surface area (TPSA) is 65.0 Å². The fourth-order valence-electron chi connectivity index (χ4n) is 3.93. The van der Waals surface area contributed by atoms with Crippen molar-refractivity contribution in [2.45, 2.75) is 51.9 Å². The number of hydrogen-bond donors (Lipinski definition) is 1. The predicted octanol–water partition coefficient (Wildman–Crippen LogP) is 1.98. The molecule has 1 aliphatic carbocycles. The number of nitrogens with one attached hydrogen (secondary N) is 1. The van der Waals surface area contributed by atoms with E-state index in [1.165, 1.54) is 30.6 Å². The predicted molar refractivity (Wildman–Crippen MR) is 104 cm³/mol. The van der Waals surface area contributed by atoms with Crippen molar-refractivity contribution in [3.05, 3.63) is 0 Å². The van der Waals surface area contributed by atoms with Crippen molar-refractivity contribution in [3.63, 3.8) is 0 Å². The standard InChI is InChI=1S/C17H28N4O2.HI/c1-2-18-16(20-11-9-17(13-20)7-4-8-17)19-10-12-21-14(22)5-3-6-15(21)23;/h2-13H2,1H3,(H,18,19);1H. The fourth-order valence-corrected chi connectivity index (χ4v) is 3.93. The second kappa shape index (κ2) is 8.49. The Bertz CT molecular complexity index is 489. The van der Waals surface area contributed by atoms with Crippen LogP contribution in [-0.2, 0) is 9.59 Å². The zero-order valence-electron chi connectivity index (χ0n) is 14.6. The Labute approximate surface area is 161 Å². The monoisotopic (exact) mass is 448 g/mol. The van der Waals surface area contributed by atoms with Gasteiger partial charge < -0.3 is 10.2 Å². The zero-order valence-corrected chi connectivity index (χ0v) is 16.9. The van der Waals surface area contributed by atoms with Crippen molar-refractivity contribution in [2.75, 3.05) is 32.7 Å². The number of piperidine rings is 1. The summed E-state index contributed by atoms with van der Waals surface area (Å²) >= 11 is 0. The van der Waals surface area contributed by atoms with Crippen molar-refractivity contribution < 1.29 is 9.59 Å². The molecule has 0 atom stereocenters. The molecule has 3 rings (SSSR count). The number of halogens is 1. The molecule has 2 heterocycles. The highest BCUT2D eigenvalue weighted by Gasteiger charge is 2.43. The van der Waals surface area contributed by atoms with E-state index in [2.05, 4.69) is 22.1 Å². The number of carbonyl (C=O) groups is 2. The van der Waals surface area contributed by atoms with E-state index in [-0.39, 0.29) is 35.8 Å². The van der Waals surface area contributed by atoms with Crippen molar-refractivity contribution in [1.29, 1.82) is 0 Å².